The van der Waals surface area contributed by atoms with E-state index in [2.05, 4.69) is 5.32 Å². The fraction of sp³-hybridized carbons (Fsp3) is 0.435. The minimum Gasteiger partial charge on any atom is -0.444 e. The summed E-state index contributed by atoms with van der Waals surface area (Å²) in [4.78, 5) is 37.0. The predicted octanol–water partition coefficient (Wildman–Crippen LogP) is 4.82. The Morgan fingerprint density at radius 2 is 1.59 bits per heavy atom. The van der Waals surface area contributed by atoms with Crippen molar-refractivity contribution < 1.29 is 32.3 Å². The molecule has 0 aromatic heterocycles. The molecule has 9 heteroatoms. The van der Waals surface area contributed by atoms with Crippen molar-refractivity contribution in [1.82, 2.24) is 10.6 Å². The van der Waals surface area contributed by atoms with Crippen LogP contribution in [0.15, 0.2) is 42.5 Å². The Hall–Kier alpha value is -3.10. The first-order chi connectivity index (χ1) is 14.8. The lowest BCUT2D eigenvalue weighted by molar-refractivity contribution is -0.152. The zero-order valence-corrected chi connectivity index (χ0v) is 18.4. The highest BCUT2D eigenvalue weighted by atomic mass is 19.4. The molecule has 0 radical (unpaired) electrons. The van der Waals surface area contributed by atoms with Gasteiger partial charge in [-0.05, 0) is 49.6 Å². The molecule has 6 nitrogen and oxygen atoms in total. The Morgan fingerprint density at radius 1 is 0.969 bits per heavy atom. The van der Waals surface area contributed by atoms with Gasteiger partial charge in [0.15, 0.2) is 0 Å². The topological polar surface area (TPSA) is 84.5 Å². The molecule has 1 unspecified atom stereocenters. The Morgan fingerprint density at radius 3 is 2.16 bits per heavy atom. The van der Waals surface area contributed by atoms with Crippen LogP contribution < -0.4 is 10.6 Å². The molecule has 0 aliphatic rings. The monoisotopic (exact) mass is 452 g/mol. The third-order valence-corrected chi connectivity index (χ3v) is 4.56. The van der Waals surface area contributed by atoms with Gasteiger partial charge in [-0.1, -0.05) is 43.3 Å². The van der Waals surface area contributed by atoms with E-state index in [0.29, 0.717) is 12.0 Å². The number of amides is 2. The van der Waals surface area contributed by atoms with Crippen LogP contribution in [0.4, 0.5) is 18.0 Å². The summed E-state index contributed by atoms with van der Waals surface area (Å²) >= 11 is 0. The van der Waals surface area contributed by atoms with Gasteiger partial charge >= 0.3 is 12.3 Å². The van der Waals surface area contributed by atoms with E-state index >= 15 is 0 Å². The minimum absolute atomic E-state index is 0.404. The third-order valence-electron chi connectivity index (χ3n) is 4.56. The van der Waals surface area contributed by atoms with E-state index in [4.69, 9.17) is 4.74 Å². The van der Waals surface area contributed by atoms with Crippen molar-refractivity contribution in [3.8, 4) is 0 Å². The Labute approximate surface area is 184 Å². The van der Waals surface area contributed by atoms with Gasteiger partial charge in [-0.25, -0.2) is 4.79 Å². The fourth-order valence-electron chi connectivity index (χ4n) is 3.12. The second kappa shape index (κ2) is 10.0. The molecule has 2 aromatic rings. The number of Topliss-reactive ketones (excluding diaryl/α,β-unsaturated/α-hetero) is 1. The highest BCUT2D eigenvalue weighted by Gasteiger charge is 2.39. The van der Waals surface area contributed by atoms with Crippen molar-refractivity contribution in [3.05, 3.63) is 48.0 Å². The molecule has 0 saturated heterocycles. The lowest BCUT2D eigenvalue weighted by Crippen LogP contribution is -2.50. The molecule has 0 bridgehead atoms. The molecular weight excluding hydrogens is 425 g/mol. The second-order valence-electron chi connectivity index (χ2n) is 8.42. The number of alkyl halides is 3. The molecule has 0 spiro atoms. The van der Waals surface area contributed by atoms with Crippen LogP contribution in [0.5, 0.6) is 0 Å². The quantitative estimate of drug-likeness (QED) is 0.590. The van der Waals surface area contributed by atoms with E-state index < -0.39 is 48.1 Å². The molecule has 2 N–H and O–H groups in total. The molecule has 2 aromatic carbocycles. The number of benzene rings is 2. The largest absolute Gasteiger partial charge is 0.444 e. The van der Waals surface area contributed by atoms with Crippen LogP contribution in [0.25, 0.3) is 10.8 Å². The van der Waals surface area contributed by atoms with Gasteiger partial charge in [0.1, 0.15) is 11.6 Å². The van der Waals surface area contributed by atoms with Crippen molar-refractivity contribution >= 4 is 28.6 Å². The SMILES string of the molecule is CC[C@H](NC(=O)C(=O)C(CC(F)(F)F)NC(=O)OC(C)(C)C)c1ccc2ccccc2c1. The second-order valence-corrected chi connectivity index (χ2v) is 8.42. The average molecular weight is 452 g/mol. The van der Waals surface area contributed by atoms with Crippen LogP contribution in [0, 0.1) is 0 Å². The van der Waals surface area contributed by atoms with Crippen LogP contribution in [0.3, 0.4) is 0 Å². The number of carbonyl (C=O) groups is 3. The Bertz CT molecular complexity index is 983. The number of hydrogen-bond acceptors (Lipinski definition) is 4. The van der Waals surface area contributed by atoms with E-state index in [9.17, 15) is 27.6 Å². The third kappa shape index (κ3) is 7.55. The summed E-state index contributed by atoms with van der Waals surface area (Å²) in [6.45, 7) is 6.34. The number of rotatable bonds is 7. The highest BCUT2D eigenvalue weighted by Crippen LogP contribution is 2.24. The summed E-state index contributed by atoms with van der Waals surface area (Å²) in [5, 5.41) is 6.27. The molecule has 0 heterocycles. The maximum atomic E-state index is 13.0. The first kappa shape index (κ1) is 25.2. The molecule has 0 fully saturated rings. The molecule has 0 saturated carbocycles. The lowest BCUT2D eigenvalue weighted by atomic mass is 9.99. The van der Waals surface area contributed by atoms with Gasteiger partial charge in [0.2, 0.25) is 5.78 Å². The number of ether oxygens (including phenoxy) is 1. The summed E-state index contributed by atoms with van der Waals surface area (Å²) in [5.74, 6) is -2.61. The van der Waals surface area contributed by atoms with Crippen molar-refractivity contribution in [2.45, 2.75) is 64.4 Å². The number of nitrogens with one attached hydrogen (secondary N) is 2. The first-order valence-electron chi connectivity index (χ1n) is 10.2. The maximum absolute atomic E-state index is 13.0. The molecular formula is C23H27F3N2O4. The normalized spacial score (nSPS) is 13.8. The molecule has 32 heavy (non-hydrogen) atoms. The molecule has 2 amide bonds. The van der Waals surface area contributed by atoms with Gasteiger partial charge in [0.05, 0.1) is 12.5 Å². The molecule has 0 aliphatic carbocycles. The van der Waals surface area contributed by atoms with E-state index in [-0.39, 0.29) is 0 Å². The van der Waals surface area contributed by atoms with Gasteiger partial charge in [-0.2, -0.15) is 13.2 Å². The molecule has 2 rings (SSSR count). The van der Waals surface area contributed by atoms with Crippen molar-refractivity contribution in [3.63, 3.8) is 0 Å². The van der Waals surface area contributed by atoms with Crippen molar-refractivity contribution in [1.29, 1.82) is 0 Å². The van der Waals surface area contributed by atoms with Crippen LogP contribution in [-0.2, 0) is 14.3 Å². The van der Waals surface area contributed by atoms with Crippen LogP contribution in [0.1, 0.15) is 52.1 Å². The van der Waals surface area contributed by atoms with Crippen LogP contribution >= 0.6 is 0 Å². The van der Waals surface area contributed by atoms with Crippen molar-refractivity contribution in [2.24, 2.45) is 0 Å². The fourth-order valence-corrected chi connectivity index (χ4v) is 3.12. The zero-order valence-electron chi connectivity index (χ0n) is 18.4. The van der Waals surface area contributed by atoms with E-state index in [1.54, 1.807) is 13.0 Å². The van der Waals surface area contributed by atoms with Crippen LogP contribution in [0.2, 0.25) is 0 Å². The van der Waals surface area contributed by atoms with E-state index in [1.165, 1.54) is 20.8 Å². The lowest BCUT2D eigenvalue weighted by Gasteiger charge is -2.24. The number of fused-ring (bicyclic) bond motifs is 1. The van der Waals surface area contributed by atoms with Gasteiger partial charge < -0.3 is 15.4 Å². The van der Waals surface area contributed by atoms with E-state index in [1.807, 2.05) is 41.7 Å². The van der Waals surface area contributed by atoms with E-state index in [0.717, 1.165) is 10.8 Å². The number of ketones is 1. The standard InChI is InChI=1S/C23H27F3N2O4/c1-5-17(16-11-10-14-8-6-7-9-15(14)12-16)27-20(30)19(29)18(13-23(24,25)26)28-21(31)32-22(2,3)4/h6-12,17-18H,5,13H2,1-4H3,(H,27,30)(H,28,31)/t17-,18?/m0/s1. The van der Waals surface area contributed by atoms with Crippen LogP contribution in [-0.4, -0.2) is 35.6 Å². The number of hydrogen-bond donors (Lipinski definition) is 2. The highest BCUT2D eigenvalue weighted by molar-refractivity contribution is 6.38. The molecule has 174 valence electrons. The summed E-state index contributed by atoms with van der Waals surface area (Å²) in [6.07, 6.45) is -7.28. The number of halogens is 3. The van der Waals surface area contributed by atoms with Gasteiger partial charge in [0, 0.05) is 0 Å². The van der Waals surface area contributed by atoms with Gasteiger partial charge in [0.25, 0.3) is 5.91 Å². The Kier molecular flexibility index (Phi) is 7.87. The van der Waals surface area contributed by atoms with Gasteiger partial charge in [-0.15, -0.1) is 0 Å². The first-order valence-corrected chi connectivity index (χ1v) is 10.2. The molecule has 0 aliphatic heterocycles. The minimum atomic E-state index is -4.78. The van der Waals surface area contributed by atoms with Crippen molar-refractivity contribution in [2.75, 3.05) is 0 Å². The van der Waals surface area contributed by atoms with Gasteiger partial charge in [-0.3, -0.25) is 9.59 Å². The summed E-state index contributed by atoms with van der Waals surface area (Å²) < 4.78 is 43.9. The summed E-state index contributed by atoms with van der Waals surface area (Å²) in [5.41, 5.74) is -0.276. The average Bonchev–Trinajstić information content (AvgIpc) is 2.68. The number of alkyl carbamates (subject to hydrolysis) is 1. The smallest absolute Gasteiger partial charge is 0.408 e. The summed E-state index contributed by atoms with van der Waals surface area (Å²) in [6, 6.07) is 10.4. The molecule has 2 atom stereocenters. The predicted molar refractivity (Wildman–Crippen MR) is 114 cm³/mol. The summed E-state index contributed by atoms with van der Waals surface area (Å²) in [7, 11) is 0. The Balaban J connectivity index is 2.18. The number of carbonyl (C=O) groups excluding carboxylic acids is 3. The maximum Gasteiger partial charge on any atom is 0.408 e. The zero-order chi connectivity index (χ0) is 24.1.